The largest absolute Gasteiger partial charge is 0.358 e. The minimum absolute atomic E-state index is 0.158. The van der Waals surface area contributed by atoms with E-state index >= 15 is 0 Å². The zero-order valence-corrected chi connectivity index (χ0v) is 21.8. The number of thiophene rings is 1. The van der Waals surface area contributed by atoms with Crippen LogP contribution >= 0.6 is 11.3 Å². The Bertz CT molecular complexity index is 1740. The molecule has 37 heavy (non-hydrogen) atoms. The molecule has 3 N–H and O–H groups in total. The molecule has 0 unspecified atom stereocenters. The summed E-state index contributed by atoms with van der Waals surface area (Å²) < 4.78 is 0. The van der Waals surface area contributed by atoms with Crippen LogP contribution in [0.25, 0.3) is 55.7 Å². The molecule has 0 fully saturated rings. The summed E-state index contributed by atoms with van der Waals surface area (Å²) in [7, 11) is 0. The number of aromatic amines is 2. The summed E-state index contributed by atoms with van der Waals surface area (Å²) in [6, 6.07) is 10.4. The second kappa shape index (κ2) is 8.97. The fraction of sp³-hybridized carbons (Fsp3) is 0.172. The number of nitrogens with one attached hydrogen (secondary N) is 3. The molecule has 0 aliphatic heterocycles. The van der Waals surface area contributed by atoms with Gasteiger partial charge in [-0.3, -0.25) is 15.1 Å². The van der Waals surface area contributed by atoms with E-state index in [1.807, 2.05) is 30.9 Å². The van der Waals surface area contributed by atoms with E-state index in [-0.39, 0.29) is 5.41 Å². The van der Waals surface area contributed by atoms with Gasteiger partial charge in [0.1, 0.15) is 0 Å². The Labute approximate surface area is 218 Å². The van der Waals surface area contributed by atoms with Crippen molar-refractivity contribution in [3.63, 3.8) is 0 Å². The van der Waals surface area contributed by atoms with Gasteiger partial charge in [-0.05, 0) is 47.5 Å². The van der Waals surface area contributed by atoms with Gasteiger partial charge in [-0.25, -0.2) is 4.98 Å². The Hall–Kier alpha value is -4.30. The molecular formula is C29H27N7S. The lowest BCUT2D eigenvalue weighted by Gasteiger charge is -2.20. The molecule has 0 atom stereocenters. The van der Waals surface area contributed by atoms with E-state index < -0.39 is 0 Å². The normalized spacial score (nSPS) is 11.9. The average molecular weight is 506 g/mol. The highest BCUT2D eigenvalue weighted by molar-refractivity contribution is 7.08. The van der Waals surface area contributed by atoms with Crippen molar-refractivity contribution in [3.05, 3.63) is 78.2 Å². The van der Waals surface area contributed by atoms with Crippen LogP contribution in [-0.2, 0) is 0 Å². The second-order valence-electron chi connectivity index (χ2n) is 10.4. The number of fused-ring (bicyclic) bond motifs is 2. The number of nitrogens with zero attached hydrogens (tertiary/aromatic N) is 4. The summed E-state index contributed by atoms with van der Waals surface area (Å²) in [5.74, 6) is 0. The number of hydrogen-bond acceptors (Lipinski definition) is 6. The smallest absolute Gasteiger partial charge is 0.181 e. The second-order valence-corrected chi connectivity index (χ2v) is 11.2. The number of aromatic nitrogens is 6. The summed E-state index contributed by atoms with van der Waals surface area (Å²) in [6.07, 6.45) is 8.21. The molecule has 7 nitrogen and oxygen atoms in total. The number of hydrogen-bond donors (Lipinski definition) is 3. The summed E-state index contributed by atoms with van der Waals surface area (Å²) in [5, 5.41) is 17.2. The number of anilines is 1. The van der Waals surface area contributed by atoms with Crippen LogP contribution in [-0.4, -0.2) is 30.1 Å². The number of pyridine rings is 3. The molecule has 6 heterocycles. The lowest BCUT2D eigenvalue weighted by atomic mass is 9.91. The van der Waals surface area contributed by atoms with Gasteiger partial charge in [0.05, 0.1) is 29.0 Å². The van der Waals surface area contributed by atoms with Crippen LogP contribution in [0.3, 0.4) is 0 Å². The third-order valence-corrected chi connectivity index (χ3v) is 6.84. The molecule has 0 amide bonds. The van der Waals surface area contributed by atoms with Crippen molar-refractivity contribution in [2.45, 2.75) is 27.2 Å². The van der Waals surface area contributed by atoms with Crippen LogP contribution in [0.4, 0.5) is 5.69 Å². The molecule has 6 aromatic rings. The van der Waals surface area contributed by atoms with Gasteiger partial charge in [0.15, 0.2) is 5.65 Å². The monoisotopic (exact) mass is 505 g/mol. The summed E-state index contributed by atoms with van der Waals surface area (Å²) in [4.78, 5) is 17.2. The van der Waals surface area contributed by atoms with Gasteiger partial charge < -0.3 is 10.3 Å². The van der Waals surface area contributed by atoms with Gasteiger partial charge in [0.25, 0.3) is 0 Å². The maximum Gasteiger partial charge on any atom is 0.181 e. The van der Waals surface area contributed by atoms with E-state index in [2.05, 4.69) is 97.8 Å². The van der Waals surface area contributed by atoms with Gasteiger partial charge in [-0.2, -0.15) is 16.4 Å². The Balaban J connectivity index is 1.36. The molecule has 0 saturated heterocycles. The molecule has 0 aliphatic carbocycles. The van der Waals surface area contributed by atoms with Crippen molar-refractivity contribution >= 4 is 39.0 Å². The summed E-state index contributed by atoms with van der Waals surface area (Å²) in [5.41, 5.74) is 9.55. The van der Waals surface area contributed by atoms with Crippen LogP contribution in [0.15, 0.2) is 78.2 Å². The van der Waals surface area contributed by atoms with E-state index in [9.17, 15) is 0 Å². The minimum Gasteiger partial charge on any atom is -0.358 e. The predicted molar refractivity (Wildman–Crippen MR) is 152 cm³/mol. The van der Waals surface area contributed by atoms with Gasteiger partial charge in [0.2, 0.25) is 0 Å². The minimum atomic E-state index is 0.158. The number of allylic oxidation sites excluding steroid dienone is 1. The number of H-pyrrole nitrogens is 2. The van der Waals surface area contributed by atoms with Gasteiger partial charge in [-0.1, -0.05) is 27.4 Å². The van der Waals surface area contributed by atoms with Crippen LogP contribution < -0.4 is 5.32 Å². The Kier molecular flexibility index (Phi) is 5.61. The molecule has 0 radical (unpaired) electrons. The Morgan fingerprint density at radius 2 is 1.86 bits per heavy atom. The van der Waals surface area contributed by atoms with Crippen LogP contribution in [0.2, 0.25) is 0 Å². The zero-order valence-electron chi connectivity index (χ0n) is 21.0. The lowest BCUT2D eigenvalue weighted by molar-refractivity contribution is 0.411. The molecule has 0 bridgehead atoms. The quantitative estimate of drug-likeness (QED) is 0.216. The molecule has 184 valence electrons. The molecule has 0 aromatic carbocycles. The first-order valence-corrected chi connectivity index (χ1v) is 13.0. The highest BCUT2D eigenvalue weighted by Crippen LogP contribution is 2.34. The lowest BCUT2D eigenvalue weighted by Crippen LogP contribution is -2.10. The Morgan fingerprint density at radius 3 is 2.68 bits per heavy atom. The molecule has 8 heteroatoms. The highest BCUT2D eigenvalue weighted by atomic mass is 32.1. The van der Waals surface area contributed by atoms with E-state index in [1.165, 1.54) is 0 Å². The van der Waals surface area contributed by atoms with Crippen LogP contribution in [0.1, 0.15) is 27.2 Å². The Morgan fingerprint density at radius 1 is 1.00 bits per heavy atom. The highest BCUT2D eigenvalue weighted by Gasteiger charge is 2.16. The van der Waals surface area contributed by atoms with E-state index in [1.54, 1.807) is 11.3 Å². The van der Waals surface area contributed by atoms with Crippen molar-refractivity contribution in [2.24, 2.45) is 5.41 Å². The van der Waals surface area contributed by atoms with E-state index in [0.717, 1.165) is 67.9 Å². The van der Waals surface area contributed by atoms with Crippen molar-refractivity contribution in [2.75, 3.05) is 5.32 Å². The topological polar surface area (TPSA) is 95.2 Å². The molecule has 6 aromatic heterocycles. The SMILES string of the molecule is C=C(CC(C)(C)C)Nc1cncc(-c2cnc3n[nH]c(-c4cc5c(-c6ccsc6)nccc5[nH]4)c3c2)c1. The van der Waals surface area contributed by atoms with Crippen molar-refractivity contribution in [1.29, 1.82) is 0 Å². The van der Waals surface area contributed by atoms with Crippen molar-refractivity contribution in [3.8, 4) is 33.8 Å². The van der Waals surface area contributed by atoms with E-state index in [0.29, 0.717) is 5.65 Å². The van der Waals surface area contributed by atoms with Crippen LogP contribution in [0, 0.1) is 5.41 Å². The third-order valence-electron chi connectivity index (χ3n) is 6.16. The molecule has 6 rings (SSSR count). The maximum absolute atomic E-state index is 4.64. The first kappa shape index (κ1) is 23.1. The zero-order chi connectivity index (χ0) is 25.6. The van der Waals surface area contributed by atoms with Crippen LogP contribution in [0.5, 0.6) is 0 Å². The number of rotatable bonds is 6. The van der Waals surface area contributed by atoms with Gasteiger partial charge in [0, 0.05) is 62.6 Å². The summed E-state index contributed by atoms with van der Waals surface area (Å²) in [6.45, 7) is 10.8. The van der Waals surface area contributed by atoms with Gasteiger partial charge >= 0.3 is 0 Å². The van der Waals surface area contributed by atoms with Gasteiger partial charge in [-0.15, -0.1) is 0 Å². The van der Waals surface area contributed by atoms with Crippen molar-refractivity contribution < 1.29 is 0 Å². The first-order chi connectivity index (χ1) is 17.8. The maximum atomic E-state index is 4.64. The van der Waals surface area contributed by atoms with Crippen molar-refractivity contribution in [1.82, 2.24) is 30.1 Å². The average Bonchev–Trinajstić information content (AvgIpc) is 3.61. The molecule has 0 aliphatic rings. The van der Waals surface area contributed by atoms with E-state index in [4.69, 9.17) is 0 Å². The fourth-order valence-electron chi connectivity index (χ4n) is 4.64. The predicted octanol–water partition coefficient (Wildman–Crippen LogP) is 7.65. The standard InChI is InChI=1S/C29H27N7S/c1-17(12-29(2,3)4)33-21-9-19(13-30-15-21)20-10-23-27(35-36-28(23)32-14-20)25-11-22-24(34-25)5-7-31-26(22)18-6-8-37-16-18/h5-11,13-16,33-34H,1,12H2,2-4H3,(H,32,35,36). The molecular weight excluding hydrogens is 478 g/mol. The molecule has 0 saturated carbocycles. The molecule has 0 spiro atoms. The third kappa shape index (κ3) is 4.63. The summed E-state index contributed by atoms with van der Waals surface area (Å²) >= 11 is 1.67. The first-order valence-electron chi connectivity index (χ1n) is 12.1. The fourth-order valence-corrected chi connectivity index (χ4v) is 5.28.